The molecule has 0 aromatic heterocycles. The van der Waals surface area contributed by atoms with Crippen LogP contribution >= 0.6 is 0 Å². The number of ether oxygens (including phenoxy) is 2. The molecule has 6 nitrogen and oxygen atoms in total. The molecule has 0 bridgehead atoms. The van der Waals surface area contributed by atoms with Gasteiger partial charge in [0, 0.05) is 44.7 Å². The second-order valence-corrected chi connectivity index (χ2v) is 10.2. The molecule has 2 saturated heterocycles. The SMILES string of the molecule is CCCCCC(O)C=CC1CCC(=O)C1CCCCCCC(=O)N1CCC2(CC1)OCCO2. The summed E-state index contributed by atoms with van der Waals surface area (Å²) in [5, 5.41) is 10.1. The highest BCUT2D eigenvalue weighted by Gasteiger charge is 2.40. The molecule has 33 heavy (non-hydrogen) atoms. The van der Waals surface area contributed by atoms with Gasteiger partial charge in [-0.3, -0.25) is 9.59 Å². The standard InChI is InChI=1S/C27H45NO5/c1-2-3-6-9-23(29)14-12-22-13-15-25(30)24(22)10-7-4-5-8-11-26(31)28-18-16-27(17-19-28)32-20-21-33-27/h12,14,22-24,29H,2-11,13,15-21H2,1H3. The highest BCUT2D eigenvalue weighted by atomic mass is 16.7. The van der Waals surface area contributed by atoms with E-state index >= 15 is 0 Å². The van der Waals surface area contributed by atoms with Crippen LogP contribution in [0, 0.1) is 11.8 Å². The maximum atomic E-state index is 12.5. The molecule has 3 aliphatic rings. The van der Waals surface area contributed by atoms with Gasteiger partial charge in [-0.2, -0.15) is 0 Å². The molecule has 2 aliphatic heterocycles. The number of ketones is 1. The Morgan fingerprint density at radius 2 is 1.85 bits per heavy atom. The van der Waals surface area contributed by atoms with Crippen molar-refractivity contribution in [2.75, 3.05) is 26.3 Å². The molecule has 0 radical (unpaired) electrons. The van der Waals surface area contributed by atoms with Crippen LogP contribution in [0.15, 0.2) is 12.2 Å². The molecular weight excluding hydrogens is 418 g/mol. The zero-order valence-corrected chi connectivity index (χ0v) is 20.6. The number of amides is 1. The monoisotopic (exact) mass is 463 g/mol. The van der Waals surface area contributed by atoms with Gasteiger partial charge in [-0.15, -0.1) is 0 Å². The van der Waals surface area contributed by atoms with Crippen molar-refractivity contribution < 1.29 is 24.2 Å². The van der Waals surface area contributed by atoms with Gasteiger partial charge in [0.05, 0.1) is 19.3 Å². The summed E-state index contributed by atoms with van der Waals surface area (Å²) in [6.45, 7) is 4.95. The number of Topliss-reactive ketones (excluding diaryl/α,β-unsaturated/α-hetero) is 1. The number of unbranched alkanes of at least 4 members (excludes halogenated alkanes) is 5. The lowest BCUT2D eigenvalue weighted by molar-refractivity contribution is -0.187. The van der Waals surface area contributed by atoms with Gasteiger partial charge >= 0.3 is 0 Å². The topological polar surface area (TPSA) is 76.1 Å². The first-order valence-electron chi connectivity index (χ1n) is 13.5. The number of piperidine rings is 1. The number of nitrogens with zero attached hydrogens (tertiary/aromatic N) is 1. The fourth-order valence-corrected chi connectivity index (χ4v) is 5.55. The number of carbonyl (C=O) groups excluding carboxylic acids is 2. The minimum Gasteiger partial charge on any atom is -0.389 e. The Morgan fingerprint density at radius 1 is 1.12 bits per heavy atom. The average Bonchev–Trinajstić information content (AvgIpc) is 3.41. The van der Waals surface area contributed by atoms with Crippen LogP contribution in [-0.4, -0.2) is 59.9 Å². The normalized spacial score (nSPS) is 26.0. The van der Waals surface area contributed by atoms with Gasteiger partial charge in [0.25, 0.3) is 0 Å². The Kier molecular flexibility index (Phi) is 10.9. The van der Waals surface area contributed by atoms with E-state index in [0.29, 0.717) is 31.8 Å². The van der Waals surface area contributed by atoms with Crippen molar-refractivity contribution in [3.63, 3.8) is 0 Å². The predicted octanol–water partition coefficient (Wildman–Crippen LogP) is 4.79. The minimum absolute atomic E-state index is 0.117. The summed E-state index contributed by atoms with van der Waals surface area (Å²) in [6.07, 6.45) is 16.6. The predicted molar refractivity (Wildman–Crippen MR) is 129 cm³/mol. The molecule has 1 amide bonds. The fraction of sp³-hybridized carbons (Fsp3) is 0.852. The lowest BCUT2D eigenvalue weighted by Gasteiger charge is -2.37. The van der Waals surface area contributed by atoms with Crippen LogP contribution in [0.3, 0.4) is 0 Å². The molecule has 188 valence electrons. The van der Waals surface area contributed by atoms with Crippen LogP contribution in [0.1, 0.15) is 96.8 Å². The maximum Gasteiger partial charge on any atom is 0.222 e. The molecule has 3 fully saturated rings. The van der Waals surface area contributed by atoms with E-state index < -0.39 is 5.79 Å². The van der Waals surface area contributed by atoms with E-state index in [1.165, 1.54) is 0 Å². The first-order chi connectivity index (χ1) is 16.0. The van der Waals surface area contributed by atoms with E-state index in [4.69, 9.17) is 9.47 Å². The zero-order valence-electron chi connectivity index (χ0n) is 20.6. The van der Waals surface area contributed by atoms with E-state index in [1.807, 2.05) is 11.0 Å². The van der Waals surface area contributed by atoms with Crippen molar-refractivity contribution in [2.24, 2.45) is 11.8 Å². The third-order valence-electron chi connectivity index (χ3n) is 7.69. The van der Waals surface area contributed by atoms with Gasteiger partial charge in [0.2, 0.25) is 5.91 Å². The number of carbonyl (C=O) groups is 2. The van der Waals surface area contributed by atoms with E-state index in [9.17, 15) is 14.7 Å². The number of rotatable bonds is 13. The first kappa shape index (κ1) is 26.4. The van der Waals surface area contributed by atoms with Crippen molar-refractivity contribution in [1.29, 1.82) is 0 Å². The number of likely N-dealkylation sites (tertiary alicyclic amines) is 1. The molecule has 2 heterocycles. The molecule has 3 rings (SSSR count). The van der Waals surface area contributed by atoms with Gasteiger partial charge in [0.15, 0.2) is 5.79 Å². The lowest BCUT2D eigenvalue weighted by Crippen LogP contribution is -2.47. The second kappa shape index (κ2) is 13.6. The summed E-state index contributed by atoms with van der Waals surface area (Å²) in [5.41, 5.74) is 0. The summed E-state index contributed by atoms with van der Waals surface area (Å²) in [7, 11) is 0. The Labute approximate surface area is 200 Å². The van der Waals surface area contributed by atoms with Crippen LogP contribution in [-0.2, 0) is 19.1 Å². The van der Waals surface area contributed by atoms with Gasteiger partial charge in [-0.25, -0.2) is 0 Å². The second-order valence-electron chi connectivity index (χ2n) is 10.2. The molecule has 6 heteroatoms. The molecule has 0 aromatic rings. The molecule has 1 spiro atoms. The molecule has 1 saturated carbocycles. The van der Waals surface area contributed by atoms with E-state index in [0.717, 1.165) is 90.1 Å². The number of aliphatic hydroxyl groups excluding tert-OH is 1. The van der Waals surface area contributed by atoms with E-state index in [2.05, 4.69) is 13.0 Å². The molecule has 1 aliphatic carbocycles. The lowest BCUT2D eigenvalue weighted by atomic mass is 9.89. The third kappa shape index (κ3) is 8.18. The van der Waals surface area contributed by atoms with Gasteiger partial charge in [-0.1, -0.05) is 57.6 Å². The van der Waals surface area contributed by atoms with Gasteiger partial charge in [-0.05, 0) is 31.6 Å². The Morgan fingerprint density at radius 3 is 2.58 bits per heavy atom. The molecule has 3 atom stereocenters. The molecule has 0 aromatic carbocycles. The summed E-state index contributed by atoms with van der Waals surface area (Å²) in [4.78, 5) is 26.8. The van der Waals surface area contributed by atoms with Crippen molar-refractivity contribution in [1.82, 2.24) is 4.90 Å². The summed E-state index contributed by atoms with van der Waals surface area (Å²) < 4.78 is 11.5. The van der Waals surface area contributed by atoms with Gasteiger partial charge in [0.1, 0.15) is 5.78 Å². The maximum absolute atomic E-state index is 12.5. The highest BCUT2D eigenvalue weighted by molar-refractivity contribution is 5.83. The van der Waals surface area contributed by atoms with Crippen LogP contribution in [0.2, 0.25) is 0 Å². The van der Waals surface area contributed by atoms with Crippen molar-refractivity contribution in [3.8, 4) is 0 Å². The quantitative estimate of drug-likeness (QED) is 0.314. The summed E-state index contributed by atoms with van der Waals surface area (Å²) in [6, 6.07) is 0. The Bertz CT molecular complexity index is 632. The molecule has 1 N–H and O–H groups in total. The minimum atomic E-state index is -0.422. The van der Waals surface area contributed by atoms with Gasteiger partial charge < -0.3 is 19.5 Å². The highest BCUT2D eigenvalue weighted by Crippen LogP contribution is 2.34. The Hall–Kier alpha value is -1.24. The van der Waals surface area contributed by atoms with Crippen molar-refractivity contribution in [3.05, 3.63) is 12.2 Å². The van der Waals surface area contributed by atoms with Crippen molar-refractivity contribution >= 4 is 11.7 Å². The van der Waals surface area contributed by atoms with Crippen LogP contribution in [0.5, 0.6) is 0 Å². The van der Waals surface area contributed by atoms with E-state index in [1.54, 1.807) is 0 Å². The number of allylic oxidation sites excluding steroid dienone is 1. The number of aliphatic hydroxyl groups is 1. The first-order valence-corrected chi connectivity index (χ1v) is 13.5. The average molecular weight is 464 g/mol. The number of hydrogen-bond donors (Lipinski definition) is 1. The fourth-order valence-electron chi connectivity index (χ4n) is 5.55. The van der Waals surface area contributed by atoms with Crippen LogP contribution in [0.4, 0.5) is 0 Å². The summed E-state index contributed by atoms with van der Waals surface area (Å²) >= 11 is 0. The molecular formula is C27H45NO5. The molecule has 3 unspecified atom stereocenters. The smallest absolute Gasteiger partial charge is 0.222 e. The van der Waals surface area contributed by atoms with E-state index in [-0.39, 0.29) is 23.8 Å². The summed E-state index contributed by atoms with van der Waals surface area (Å²) in [5.74, 6) is 0.616. The van der Waals surface area contributed by atoms with Crippen LogP contribution < -0.4 is 0 Å². The zero-order chi connectivity index (χ0) is 23.5. The number of hydrogen-bond acceptors (Lipinski definition) is 5. The largest absolute Gasteiger partial charge is 0.389 e. The Balaban J connectivity index is 1.26. The van der Waals surface area contributed by atoms with Crippen molar-refractivity contribution in [2.45, 2.75) is 109 Å². The third-order valence-corrected chi connectivity index (χ3v) is 7.69. The van der Waals surface area contributed by atoms with Crippen LogP contribution in [0.25, 0.3) is 0 Å².